The highest BCUT2D eigenvalue weighted by atomic mass is 16.7. The van der Waals surface area contributed by atoms with Crippen molar-refractivity contribution in [2.75, 3.05) is 26.4 Å². The Labute approximate surface area is 390 Å². The van der Waals surface area contributed by atoms with Gasteiger partial charge in [0.05, 0.1) is 40.9 Å². The summed E-state index contributed by atoms with van der Waals surface area (Å²) in [5, 5.41) is 48.3. The minimum atomic E-state index is -1.54. The molecule has 8 rings (SSSR count). The summed E-state index contributed by atoms with van der Waals surface area (Å²) in [6, 6.07) is 33.7. The average molecular weight is 905 g/mol. The maximum Gasteiger partial charge on any atom is 0.273 e. The van der Waals surface area contributed by atoms with Crippen molar-refractivity contribution < 1.29 is 39.0 Å². The van der Waals surface area contributed by atoms with Gasteiger partial charge in [-0.3, -0.25) is 14.9 Å². The van der Waals surface area contributed by atoms with Crippen LogP contribution in [0, 0.1) is 39.2 Å². The van der Waals surface area contributed by atoms with Crippen molar-refractivity contribution in [1.29, 1.82) is 5.26 Å². The molecule has 346 valence electrons. The van der Waals surface area contributed by atoms with Gasteiger partial charge in [0.1, 0.15) is 29.9 Å². The molecule has 6 atom stereocenters. The van der Waals surface area contributed by atoms with Crippen LogP contribution in [0.4, 0.5) is 5.69 Å². The van der Waals surface area contributed by atoms with Crippen molar-refractivity contribution in [3.05, 3.63) is 166 Å². The first-order valence-corrected chi connectivity index (χ1v) is 23.1. The fourth-order valence-corrected chi connectivity index (χ4v) is 10.4. The van der Waals surface area contributed by atoms with Crippen LogP contribution < -0.4 is 9.47 Å². The van der Waals surface area contributed by atoms with E-state index in [9.17, 15) is 25.6 Å². The minimum absolute atomic E-state index is 0.00124. The molecule has 0 spiro atoms. The second-order valence-corrected chi connectivity index (χ2v) is 17.3. The molecule has 0 saturated heterocycles. The fourth-order valence-electron chi connectivity index (χ4n) is 10.4. The number of aliphatic hydroxyl groups is 2. The molecule has 1 aliphatic heterocycles. The van der Waals surface area contributed by atoms with Crippen molar-refractivity contribution >= 4 is 28.1 Å². The number of rotatable bonds is 20. The first kappa shape index (κ1) is 46.7. The lowest BCUT2D eigenvalue weighted by Gasteiger charge is -2.60. The number of nitrogens with zero attached hydrogens (tertiary/aromatic N) is 4. The molecule has 0 aromatic heterocycles. The van der Waals surface area contributed by atoms with Gasteiger partial charge >= 0.3 is 0 Å². The van der Waals surface area contributed by atoms with Gasteiger partial charge in [-0.2, -0.15) is 5.26 Å². The summed E-state index contributed by atoms with van der Waals surface area (Å²) < 4.78 is 21.0. The maximum absolute atomic E-state index is 15.5. The zero-order valence-electron chi connectivity index (χ0n) is 37.7. The predicted molar refractivity (Wildman–Crippen MR) is 255 cm³/mol. The van der Waals surface area contributed by atoms with Gasteiger partial charge in [0.2, 0.25) is 5.79 Å². The summed E-state index contributed by atoms with van der Waals surface area (Å²) in [6.07, 6.45) is 8.41. The Morgan fingerprint density at radius 2 is 1.72 bits per heavy atom. The average Bonchev–Trinajstić information content (AvgIpc) is 3.35. The normalized spacial score (nSPS) is 22.1. The SMILES string of the molecule is C=CCOC12Oc3ccc(Oc4cccc([N+](=O)[O-])c4)cc3C3C(CCCCO)C(CCCCO)C=C(C(=NOCC)CC1N(Cc1cccc4ccccc14)C(=O)c1ccc(C#N)cc1)C32. The lowest BCUT2D eigenvalue weighted by atomic mass is 9.55. The molecule has 67 heavy (non-hydrogen) atoms. The molecule has 2 aliphatic carbocycles. The van der Waals surface area contributed by atoms with E-state index in [0.717, 1.165) is 53.2 Å². The van der Waals surface area contributed by atoms with E-state index in [4.69, 9.17) is 24.2 Å². The van der Waals surface area contributed by atoms with Crippen LogP contribution in [0.5, 0.6) is 17.2 Å². The number of aliphatic hydroxyl groups excluding tert-OH is 2. The van der Waals surface area contributed by atoms with Crippen molar-refractivity contribution in [3.63, 3.8) is 0 Å². The van der Waals surface area contributed by atoms with Crippen molar-refractivity contribution in [2.45, 2.75) is 76.2 Å². The Morgan fingerprint density at radius 1 is 0.970 bits per heavy atom. The van der Waals surface area contributed by atoms with E-state index in [1.807, 2.05) is 60.4 Å². The smallest absolute Gasteiger partial charge is 0.273 e. The summed E-state index contributed by atoms with van der Waals surface area (Å²) in [6.45, 7) is 6.59. The highest BCUT2D eigenvalue weighted by Gasteiger charge is 2.65. The van der Waals surface area contributed by atoms with Crippen LogP contribution in [0.3, 0.4) is 0 Å². The van der Waals surface area contributed by atoms with Crippen LogP contribution in [-0.4, -0.2) is 69.9 Å². The van der Waals surface area contributed by atoms with Crippen LogP contribution in [0.1, 0.15) is 84.8 Å². The first-order valence-electron chi connectivity index (χ1n) is 23.1. The third-order valence-electron chi connectivity index (χ3n) is 13.3. The monoisotopic (exact) mass is 904 g/mol. The Morgan fingerprint density at radius 3 is 2.46 bits per heavy atom. The summed E-state index contributed by atoms with van der Waals surface area (Å²) in [4.78, 5) is 34.6. The summed E-state index contributed by atoms with van der Waals surface area (Å²) in [7, 11) is 0. The number of carbonyl (C=O) groups is 1. The number of nitro benzene ring substituents is 1. The van der Waals surface area contributed by atoms with Crippen molar-refractivity contribution in [2.24, 2.45) is 22.9 Å². The fraction of sp³-hybridized carbons (Fsp3) is 0.352. The van der Waals surface area contributed by atoms with Gasteiger partial charge < -0.3 is 34.2 Å². The molecule has 1 amide bonds. The number of unbranched alkanes of at least 4 members (excludes halogenated alkanes) is 2. The molecular formula is C54H56N4O9. The molecule has 6 unspecified atom stereocenters. The number of allylic oxidation sites excluding steroid dienone is 1. The van der Waals surface area contributed by atoms with E-state index in [1.54, 1.807) is 48.5 Å². The van der Waals surface area contributed by atoms with E-state index in [1.165, 1.54) is 12.1 Å². The molecule has 1 saturated carbocycles. The van der Waals surface area contributed by atoms with E-state index in [-0.39, 0.29) is 62.1 Å². The molecule has 1 fully saturated rings. The third kappa shape index (κ3) is 9.70. The van der Waals surface area contributed by atoms with Crippen molar-refractivity contribution in [1.82, 2.24) is 4.90 Å². The molecule has 0 radical (unpaired) electrons. The number of benzene rings is 5. The number of fused-ring (bicyclic) bond motifs is 3. The van der Waals surface area contributed by atoms with E-state index < -0.39 is 22.7 Å². The molecule has 5 aromatic carbocycles. The molecule has 5 aromatic rings. The van der Waals surface area contributed by atoms with Gasteiger partial charge in [-0.15, -0.1) is 6.58 Å². The molecule has 3 aliphatic rings. The number of nitro groups is 1. The Hall–Kier alpha value is -6.85. The second-order valence-electron chi connectivity index (χ2n) is 17.3. The number of amides is 1. The zero-order valence-corrected chi connectivity index (χ0v) is 37.7. The van der Waals surface area contributed by atoms with Crippen LogP contribution >= 0.6 is 0 Å². The number of ether oxygens (including phenoxy) is 3. The number of nitriles is 1. The van der Waals surface area contributed by atoms with Crippen molar-refractivity contribution in [3.8, 4) is 23.3 Å². The van der Waals surface area contributed by atoms with E-state index in [2.05, 4.69) is 24.8 Å². The molecule has 13 nitrogen and oxygen atoms in total. The second kappa shape index (κ2) is 21.2. The van der Waals surface area contributed by atoms with Gasteiger partial charge in [-0.25, -0.2) is 0 Å². The third-order valence-corrected chi connectivity index (χ3v) is 13.3. The summed E-state index contributed by atoms with van der Waals surface area (Å²) in [5.74, 6) is -1.51. The molecule has 1 heterocycles. The number of non-ortho nitro benzene ring substituents is 1. The topological polar surface area (TPSA) is 177 Å². The highest BCUT2D eigenvalue weighted by molar-refractivity contribution is 6.03. The quantitative estimate of drug-likeness (QED) is 0.0331. The zero-order chi connectivity index (χ0) is 46.9. The van der Waals surface area contributed by atoms with E-state index in [0.29, 0.717) is 53.5 Å². The van der Waals surface area contributed by atoms with Gasteiger partial charge in [-0.05, 0) is 115 Å². The number of hydrogen-bond donors (Lipinski definition) is 2. The lowest BCUT2D eigenvalue weighted by Crippen LogP contribution is -2.70. The van der Waals surface area contributed by atoms with Gasteiger partial charge in [-0.1, -0.05) is 78.7 Å². The molecule has 13 heteroatoms. The standard InChI is InChI=1S/C54H56N4O9/c1-3-29-64-54-50(57(53(61)38-23-21-36(34-55)22-24-38)35-40-16-11-15-37-13-5-6-19-44(37)40)33-48(56-65-4-2)46-30-39(14-7-9-27-59)45(20-8-10-28-60)51(52(46)54)47-32-43(25-26-49(47)67-54)66-42-18-12-17-41(31-42)58(62)63/h3,5-6,11-13,15-19,21-26,30-32,39,45,50-52,59-60H,1,4,7-10,14,20,27-29,33,35H2,2H3. The van der Waals surface area contributed by atoms with Crippen LogP contribution in [0.2, 0.25) is 0 Å². The lowest BCUT2D eigenvalue weighted by molar-refractivity contribution is -0.384. The Balaban J connectivity index is 1.37. The summed E-state index contributed by atoms with van der Waals surface area (Å²) in [5.41, 5.74) is 4.01. The number of oxime groups is 1. The Kier molecular flexibility index (Phi) is 14.8. The van der Waals surface area contributed by atoms with Gasteiger partial charge in [0, 0.05) is 49.3 Å². The molecule has 0 bridgehead atoms. The number of hydrogen-bond acceptors (Lipinski definition) is 11. The minimum Gasteiger partial charge on any atom is -0.459 e. The van der Waals surface area contributed by atoms with Crippen LogP contribution in [-0.2, 0) is 16.1 Å². The molecule has 2 N–H and O–H groups in total. The largest absolute Gasteiger partial charge is 0.459 e. The first-order chi connectivity index (χ1) is 32.7. The predicted octanol–water partition coefficient (Wildman–Crippen LogP) is 10.4. The van der Waals surface area contributed by atoms with Gasteiger partial charge in [0.15, 0.2) is 0 Å². The van der Waals surface area contributed by atoms with Gasteiger partial charge in [0.25, 0.3) is 11.6 Å². The van der Waals surface area contributed by atoms with Crippen LogP contribution in [0.25, 0.3) is 10.8 Å². The number of carbonyl (C=O) groups excluding carboxylic acids is 1. The Bertz CT molecular complexity index is 2690. The van der Waals surface area contributed by atoms with Crippen LogP contribution in [0.15, 0.2) is 139 Å². The summed E-state index contributed by atoms with van der Waals surface area (Å²) >= 11 is 0. The molecular weight excluding hydrogens is 849 g/mol. The highest BCUT2D eigenvalue weighted by Crippen LogP contribution is 2.62. The van der Waals surface area contributed by atoms with E-state index >= 15 is 4.79 Å². The maximum atomic E-state index is 15.5.